The third-order valence-electron chi connectivity index (χ3n) is 2.60. The molecule has 0 bridgehead atoms. The molecule has 0 spiro atoms. The molecule has 0 fully saturated rings. The van der Waals surface area contributed by atoms with Gasteiger partial charge in [0.2, 0.25) is 0 Å². The number of para-hydroxylation sites is 1. The van der Waals surface area contributed by atoms with Crippen LogP contribution in [0.5, 0.6) is 0 Å². The van der Waals surface area contributed by atoms with Crippen molar-refractivity contribution in [3.63, 3.8) is 0 Å². The minimum Gasteiger partial charge on any atom is -0.267 e. The summed E-state index contributed by atoms with van der Waals surface area (Å²) in [6, 6.07) is 10.6. The Morgan fingerprint density at radius 3 is 2.47 bits per heavy atom. The van der Waals surface area contributed by atoms with Crippen molar-refractivity contribution >= 4 is 31.6 Å². The lowest BCUT2D eigenvalue weighted by molar-refractivity contribution is 0.591. The molecule has 2 rings (SSSR count). The number of halogens is 1. The Hall–Kier alpha value is -1.40. The molecule has 0 aliphatic carbocycles. The first kappa shape index (κ1) is 14.0. The summed E-state index contributed by atoms with van der Waals surface area (Å²) in [7, 11) is -3.59. The topological polar surface area (TPSA) is 50.3 Å². The van der Waals surface area contributed by atoms with Crippen LogP contribution in [0.4, 0.5) is 5.69 Å². The van der Waals surface area contributed by atoms with E-state index in [1.165, 1.54) is 10.5 Å². The molecule has 100 valence electrons. The maximum Gasteiger partial charge on any atom is 0.265 e. The maximum absolute atomic E-state index is 12.6. The molecule has 0 atom stereocenters. The molecule has 1 aromatic carbocycles. The molecular weight excluding hydrogens is 328 g/mol. The molecule has 19 heavy (non-hydrogen) atoms. The predicted octanol–water partition coefficient (Wildman–Crippen LogP) is 3.06. The van der Waals surface area contributed by atoms with E-state index in [9.17, 15) is 8.42 Å². The Balaban J connectivity index is 2.48. The second kappa shape index (κ2) is 5.71. The van der Waals surface area contributed by atoms with Gasteiger partial charge in [-0.25, -0.2) is 8.42 Å². The van der Waals surface area contributed by atoms with Crippen LogP contribution in [-0.4, -0.2) is 19.9 Å². The molecule has 0 unspecified atom stereocenters. The highest BCUT2D eigenvalue weighted by atomic mass is 79.9. The first-order chi connectivity index (χ1) is 9.05. The van der Waals surface area contributed by atoms with Crippen molar-refractivity contribution in [2.75, 3.05) is 10.8 Å². The molecule has 0 aliphatic rings. The second-order valence-electron chi connectivity index (χ2n) is 3.84. The first-order valence-corrected chi connectivity index (χ1v) is 7.97. The van der Waals surface area contributed by atoms with Gasteiger partial charge in [0.1, 0.15) is 4.90 Å². The Morgan fingerprint density at radius 1 is 1.21 bits per heavy atom. The summed E-state index contributed by atoms with van der Waals surface area (Å²) in [6.07, 6.45) is 2.91. The number of anilines is 1. The Labute approximate surface area is 121 Å². The molecular formula is C13H13BrN2O2S. The summed E-state index contributed by atoms with van der Waals surface area (Å²) in [5, 5.41) is 0. The number of hydrogen-bond acceptors (Lipinski definition) is 3. The van der Waals surface area contributed by atoms with E-state index < -0.39 is 10.0 Å². The van der Waals surface area contributed by atoms with Crippen molar-refractivity contribution in [1.29, 1.82) is 0 Å². The Bertz CT molecular complexity index is 659. The van der Waals surface area contributed by atoms with Crippen molar-refractivity contribution in [3.8, 4) is 0 Å². The molecule has 0 saturated heterocycles. The average Bonchev–Trinajstić information content (AvgIpc) is 2.40. The van der Waals surface area contributed by atoms with Gasteiger partial charge in [-0.05, 0) is 41.1 Å². The fourth-order valence-electron chi connectivity index (χ4n) is 1.75. The van der Waals surface area contributed by atoms with Crippen molar-refractivity contribution in [1.82, 2.24) is 4.98 Å². The highest BCUT2D eigenvalue weighted by molar-refractivity contribution is 9.10. The smallest absolute Gasteiger partial charge is 0.265 e. The van der Waals surface area contributed by atoms with Crippen LogP contribution in [0.2, 0.25) is 0 Å². The Morgan fingerprint density at radius 2 is 1.89 bits per heavy atom. The Kier molecular flexibility index (Phi) is 4.21. The minimum absolute atomic E-state index is 0.174. The average molecular weight is 341 g/mol. The monoisotopic (exact) mass is 340 g/mol. The predicted molar refractivity (Wildman–Crippen MR) is 78.6 cm³/mol. The number of sulfonamides is 1. The molecule has 0 N–H and O–H groups in total. The number of nitrogens with zero attached hydrogens (tertiary/aromatic N) is 2. The first-order valence-electron chi connectivity index (χ1n) is 5.74. The number of benzene rings is 1. The zero-order chi connectivity index (χ0) is 13.9. The van der Waals surface area contributed by atoms with Gasteiger partial charge < -0.3 is 0 Å². The summed E-state index contributed by atoms with van der Waals surface area (Å²) >= 11 is 3.24. The number of hydrogen-bond donors (Lipinski definition) is 0. The van der Waals surface area contributed by atoms with Gasteiger partial charge in [-0.2, -0.15) is 0 Å². The van der Waals surface area contributed by atoms with Crippen molar-refractivity contribution in [2.45, 2.75) is 11.8 Å². The van der Waals surface area contributed by atoms with Crippen molar-refractivity contribution < 1.29 is 8.42 Å². The molecule has 0 saturated carbocycles. The number of aromatic nitrogens is 1. The fraction of sp³-hybridized carbons (Fsp3) is 0.154. The van der Waals surface area contributed by atoms with Gasteiger partial charge in [0.05, 0.1) is 5.69 Å². The quantitative estimate of drug-likeness (QED) is 0.859. The van der Waals surface area contributed by atoms with Gasteiger partial charge in [0.15, 0.2) is 0 Å². The van der Waals surface area contributed by atoms with E-state index in [0.717, 1.165) is 0 Å². The lowest BCUT2D eigenvalue weighted by Crippen LogP contribution is -2.30. The highest BCUT2D eigenvalue weighted by Gasteiger charge is 2.23. The summed E-state index contributed by atoms with van der Waals surface area (Å²) in [6.45, 7) is 2.16. The van der Waals surface area contributed by atoms with E-state index in [2.05, 4.69) is 20.9 Å². The third-order valence-corrected chi connectivity index (χ3v) is 4.90. The lowest BCUT2D eigenvalue weighted by atomic mass is 10.3. The number of rotatable bonds is 4. The van der Waals surface area contributed by atoms with E-state index >= 15 is 0 Å². The van der Waals surface area contributed by atoms with Crippen LogP contribution in [0.25, 0.3) is 0 Å². The van der Waals surface area contributed by atoms with Gasteiger partial charge >= 0.3 is 0 Å². The maximum atomic E-state index is 12.6. The van der Waals surface area contributed by atoms with Crippen LogP contribution in [0.3, 0.4) is 0 Å². The minimum atomic E-state index is -3.59. The number of pyridine rings is 1. The van der Waals surface area contributed by atoms with Crippen LogP contribution >= 0.6 is 15.9 Å². The highest BCUT2D eigenvalue weighted by Crippen LogP contribution is 2.24. The molecule has 2 aromatic rings. The summed E-state index contributed by atoms with van der Waals surface area (Å²) in [5.74, 6) is 0. The molecule has 1 heterocycles. The molecule has 6 heteroatoms. The van der Waals surface area contributed by atoms with E-state index in [4.69, 9.17) is 0 Å². The van der Waals surface area contributed by atoms with Crippen LogP contribution in [0.1, 0.15) is 6.92 Å². The molecule has 0 amide bonds. The van der Waals surface area contributed by atoms with Gasteiger partial charge in [0, 0.05) is 23.4 Å². The van der Waals surface area contributed by atoms with Gasteiger partial charge in [-0.1, -0.05) is 18.2 Å². The molecule has 4 nitrogen and oxygen atoms in total. The summed E-state index contributed by atoms with van der Waals surface area (Å²) in [5.41, 5.74) is 0.643. The van der Waals surface area contributed by atoms with Crippen LogP contribution in [0.15, 0.2) is 58.2 Å². The molecule has 1 aromatic heterocycles. The van der Waals surface area contributed by atoms with E-state index in [1.54, 1.807) is 31.3 Å². The lowest BCUT2D eigenvalue weighted by Gasteiger charge is -2.22. The van der Waals surface area contributed by atoms with E-state index in [-0.39, 0.29) is 4.90 Å². The SMILES string of the molecule is CCN(c1ccccc1)S(=O)(=O)c1cncc(Br)c1. The molecule has 0 aliphatic heterocycles. The van der Waals surface area contributed by atoms with Gasteiger partial charge in [-0.15, -0.1) is 0 Å². The summed E-state index contributed by atoms with van der Waals surface area (Å²) in [4.78, 5) is 4.08. The normalized spacial score (nSPS) is 11.3. The zero-order valence-electron chi connectivity index (χ0n) is 10.3. The largest absolute Gasteiger partial charge is 0.267 e. The van der Waals surface area contributed by atoms with Crippen molar-refractivity contribution in [2.24, 2.45) is 0 Å². The van der Waals surface area contributed by atoms with Crippen LogP contribution < -0.4 is 4.31 Å². The van der Waals surface area contributed by atoms with Crippen molar-refractivity contribution in [3.05, 3.63) is 53.3 Å². The van der Waals surface area contributed by atoms with E-state index in [1.807, 2.05) is 18.2 Å². The molecule has 0 radical (unpaired) electrons. The standard InChI is InChI=1S/C13H13BrN2O2S/c1-2-16(12-6-4-3-5-7-12)19(17,18)13-8-11(14)9-15-10-13/h3-10H,2H2,1H3. The fourth-order valence-corrected chi connectivity index (χ4v) is 3.73. The second-order valence-corrected chi connectivity index (χ2v) is 6.62. The van der Waals surface area contributed by atoms with Gasteiger partial charge in [0.25, 0.3) is 10.0 Å². The summed E-state index contributed by atoms with van der Waals surface area (Å²) < 4.78 is 27.2. The van der Waals surface area contributed by atoms with E-state index in [0.29, 0.717) is 16.7 Å². The van der Waals surface area contributed by atoms with Crippen LogP contribution in [-0.2, 0) is 10.0 Å². The third kappa shape index (κ3) is 2.96. The zero-order valence-corrected chi connectivity index (χ0v) is 12.7. The van der Waals surface area contributed by atoms with Crippen LogP contribution in [0, 0.1) is 0 Å². The van der Waals surface area contributed by atoms with Gasteiger partial charge in [-0.3, -0.25) is 9.29 Å².